The summed E-state index contributed by atoms with van der Waals surface area (Å²) in [7, 11) is 2.16. The third kappa shape index (κ3) is 3.91. The number of hydrogen-bond donors (Lipinski definition) is 2. The number of fused-ring (bicyclic) bond motifs is 2. The first-order valence-corrected chi connectivity index (χ1v) is 12.2. The normalized spacial score (nSPS) is 19.8. The SMILES string of the molecule is CN1CCc2c(cc(Nc3ncc(Cl)c(N4CC(CO)c5ccc(F)cc54)n3)cc2C2CC2)C1. The summed E-state index contributed by atoms with van der Waals surface area (Å²) in [6.07, 6.45) is 5.18. The van der Waals surface area contributed by atoms with Crippen molar-refractivity contribution in [2.24, 2.45) is 0 Å². The van der Waals surface area contributed by atoms with Gasteiger partial charge in [-0.25, -0.2) is 9.37 Å². The third-order valence-corrected chi connectivity index (χ3v) is 7.43. The predicted octanol–water partition coefficient (Wildman–Crippen LogP) is 5.11. The van der Waals surface area contributed by atoms with Gasteiger partial charge in [0.25, 0.3) is 0 Å². The van der Waals surface area contributed by atoms with E-state index in [0.29, 0.717) is 34.9 Å². The number of nitrogens with zero attached hydrogens (tertiary/aromatic N) is 4. The molecule has 6 nitrogen and oxygen atoms in total. The minimum atomic E-state index is -0.336. The van der Waals surface area contributed by atoms with Crippen molar-refractivity contribution in [1.82, 2.24) is 14.9 Å². The highest BCUT2D eigenvalue weighted by Crippen LogP contribution is 2.45. The van der Waals surface area contributed by atoms with Crippen LogP contribution in [0.4, 0.5) is 27.5 Å². The van der Waals surface area contributed by atoms with Crippen molar-refractivity contribution < 1.29 is 9.50 Å². The van der Waals surface area contributed by atoms with Crippen molar-refractivity contribution in [3.05, 3.63) is 69.6 Å². The molecule has 1 atom stereocenters. The molecule has 0 spiro atoms. The number of nitrogens with one attached hydrogen (secondary N) is 1. The van der Waals surface area contributed by atoms with Gasteiger partial charge in [0.15, 0.2) is 5.82 Å². The Bertz CT molecular complexity index is 1260. The van der Waals surface area contributed by atoms with Crippen LogP contribution in [0.2, 0.25) is 5.02 Å². The number of aromatic nitrogens is 2. The van der Waals surface area contributed by atoms with E-state index < -0.39 is 0 Å². The molecule has 176 valence electrons. The molecule has 1 aromatic heterocycles. The minimum Gasteiger partial charge on any atom is -0.396 e. The summed E-state index contributed by atoms with van der Waals surface area (Å²) in [6.45, 7) is 2.48. The summed E-state index contributed by atoms with van der Waals surface area (Å²) >= 11 is 6.51. The highest BCUT2D eigenvalue weighted by Gasteiger charge is 2.32. The lowest BCUT2D eigenvalue weighted by atomic mass is 9.91. The van der Waals surface area contributed by atoms with Crippen molar-refractivity contribution in [3.63, 3.8) is 0 Å². The molecule has 34 heavy (non-hydrogen) atoms. The average Bonchev–Trinajstić information content (AvgIpc) is 3.61. The second kappa shape index (κ2) is 8.48. The number of aliphatic hydroxyl groups excluding tert-OH is 1. The Kier molecular flexibility index (Phi) is 5.43. The first-order valence-electron chi connectivity index (χ1n) is 11.8. The molecule has 3 heterocycles. The second-order valence-electron chi connectivity index (χ2n) is 9.65. The van der Waals surface area contributed by atoms with Crippen LogP contribution >= 0.6 is 11.6 Å². The molecule has 0 amide bonds. The van der Waals surface area contributed by atoms with Gasteiger partial charge < -0.3 is 20.2 Å². The quantitative estimate of drug-likeness (QED) is 0.530. The third-order valence-electron chi connectivity index (χ3n) is 7.16. The van der Waals surface area contributed by atoms with Crippen molar-refractivity contribution in [2.45, 2.75) is 37.6 Å². The van der Waals surface area contributed by atoms with Gasteiger partial charge in [0.05, 0.1) is 12.8 Å². The Morgan fingerprint density at radius 3 is 2.85 bits per heavy atom. The largest absolute Gasteiger partial charge is 0.396 e. The molecule has 0 radical (unpaired) electrons. The fourth-order valence-electron chi connectivity index (χ4n) is 5.31. The Labute approximate surface area is 203 Å². The van der Waals surface area contributed by atoms with Crippen molar-refractivity contribution >= 4 is 34.7 Å². The summed E-state index contributed by atoms with van der Waals surface area (Å²) in [5.74, 6) is 1.14. The summed E-state index contributed by atoms with van der Waals surface area (Å²) in [6, 6.07) is 9.07. The first-order chi connectivity index (χ1) is 16.5. The van der Waals surface area contributed by atoms with Crippen LogP contribution in [-0.4, -0.2) is 46.7 Å². The van der Waals surface area contributed by atoms with Crippen LogP contribution in [0.15, 0.2) is 36.5 Å². The number of hydrogen-bond acceptors (Lipinski definition) is 6. The summed E-state index contributed by atoms with van der Waals surface area (Å²) in [4.78, 5) is 13.4. The predicted molar refractivity (Wildman–Crippen MR) is 132 cm³/mol. The second-order valence-corrected chi connectivity index (χ2v) is 10.1. The highest BCUT2D eigenvalue weighted by molar-refractivity contribution is 6.33. The van der Waals surface area contributed by atoms with Gasteiger partial charge in [-0.05, 0) is 78.7 Å². The van der Waals surface area contributed by atoms with Gasteiger partial charge in [-0.15, -0.1) is 0 Å². The Morgan fingerprint density at radius 2 is 2.06 bits per heavy atom. The molecule has 0 saturated heterocycles. The van der Waals surface area contributed by atoms with Gasteiger partial charge >= 0.3 is 0 Å². The van der Waals surface area contributed by atoms with Crippen LogP contribution in [0.3, 0.4) is 0 Å². The number of benzene rings is 2. The van der Waals surface area contributed by atoms with E-state index in [4.69, 9.17) is 16.6 Å². The Hall–Kier alpha value is -2.74. The van der Waals surface area contributed by atoms with Crippen LogP contribution < -0.4 is 10.2 Å². The Morgan fingerprint density at radius 1 is 1.21 bits per heavy atom. The lowest BCUT2D eigenvalue weighted by Gasteiger charge is -2.28. The molecule has 3 aliphatic rings. The van der Waals surface area contributed by atoms with Gasteiger partial charge in [-0.2, -0.15) is 4.98 Å². The first kappa shape index (κ1) is 21.8. The molecular weight excluding hydrogens is 453 g/mol. The molecule has 2 N–H and O–H groups in total. The molecule has 2 aromatic carbocycles. The zero-order valence-corrected chi connectivity index (χ0v) is 19.8. The maximum Gasteiger partial charge on any atom is 0.229 e. The monoisotopic (exact) mass is 479 g/mol. The number of anilines is 4. The van der Waals surface area contributed by atoms with Gasteiger partial charge in [-0.3, -0.25) is 0 Å². The van der Waals surface area contributed by atoms with E-state index in [9.17, 15) is 9.50 Å². The summed E-state index contributed by atoms with van der Waals surface area (Å²) in [5, 5.41) is 13.6. The molecule has 2 aliphatic heterocycles. The average molecular weight is 480 g/mol. The molecule has 6 rings (SSSR count). The number of likely N-dealkylation sites (N-methyl/N-ethyl adjacent to an activating group) is 1. The molecule has 8 heteroatoms. The zero-order valence-electron chi connectivity index (χ0n) is 19.1. The molecule has 1 saturated carbocycles. The summed E-state index contributed by atoms with van der Waals surface area (Å²) in [5.41, 5.74) is 6.88. The number of halogens is 2. The lowest BCUT2D eigenvalue weighted by molar-refractivity contribution is 0.271. The van der Waals surface area contributed by atoms with E-state index in [2.05, 4.69) is 34.4 Å². The van der Waals surface area contributed by atoms with E-state index >= 15 is 0 Å². The van der Waals surface area contributed by atoms with E-state index in [-0.39, 0.29) is 18.3 Å². The van der Waals surface area contributed by atoms with E-state index in [1.54, 1.807) is 12.3 Å². The fraction of sp³-hybridized carbons (Fsp3) is 0.385. The van der Waals surface area contributed by atoms with E-state index in [0.717, 1.165) is 30.8 Å². The molecule has 1 fully saturated rings. The van der Waals surface area contributed by atoms with Crippen LogP contribution in [0.5, 0.6) is 0 Å². The number of rotatable bonds is 5. The van der Waals surface area contributed by atoms with Gasteiger partial charge in [0, 0.05) is 36.9 Å². The van der Waals surface area contributed by atoms with Crippen molar-refractivity contribution in [3.8, 4) is 0 Å². The molecular formula is C26H27ClFN5O. The van der Waals surface area contributed by atoms with Gasteiger partial charge in [0.1, 0.15) is 10.8 Å². The zero-order chi connectivity index (χ0) is 23.4. The van der Waals surface area contributed by atoms with Crippen LogP contribution in [0.1, 0.15) is 46.9 Å². The van der Waals surface area contributed by atoms with Crippen molar-refractivity contribution in [2.75, 3.05) is 37.0 Å². The minimum absolute atomic E-state index is 0.0313. The number of aliphatic hydroxyl groups is 1. The molecule has 3 aromatic rings. The smallest absolute Gasteiger partial charge is 0.229 e. The standard InChI is InChI=1S/C26H27ClFN5O/c1-32-7-6-20-16(12-32)8-19(10-22(20)15-2-3-15)30-26-29-11-23(27)25(31-26)33-13-17(14-34)21-5-4-18(28)9-24(21)33/h4-5,8-11,15,17,34H,2-3,6-7,12-14H2,1H3,(H,29,30,31). The molecule has 1 unspecified atom stereocenters. The lowest BCUT2D eigenvalue weighted by Crippen LogP contribution is -2.27. The van der Waals surface area contributed by atoms with Gasteiger partial charge in [-0.1, -0.05) is 17.7 Å². The molecule has 1 aliphatic carbocycles. The van der Waals surface area contributed by atoms with Crippen molar-refractivity contribution in [1.29, 1.82) is 0 Å². The van der Waals surface area contributed by atoms with Crippen LogP contribution in [0.25, 0.3) is 0 Å². The highest BCUT2D eigenvalue weighted by atomic mass is 35.5. The summed E-state index contributed by atoms with van der Waals surface area (Å²) < 4.78 is 14.1. The maximum absolute atomic E-state index is 14.1. The van der Waals surface area contributed by atoms with E-state index in [1.165, 1.54) is 41.7 Å². The molecule has 0 bridgehead atoms. The Balaban J connectivity index is 1.35. The van der Waals surface area contributed by atoms with Crippen LogP contribution in [-0.2, 0) is 13.0 Å². The topological polar surface area (TPSA) is 64.5 Å². The maximum atomic E-state index is 14.1. The van der Waals surface area contributed by atoms with E-state index in [1.807, 2.05) is 4.90 Å². The fourth-order valence-corrected chi connectivity index (χ4v) is 5.51. The van der Waals surface area contributed by atoms with Gasteiger partial charge in [0.2, 0.25) is 5.95 Å². The van der Waals surface area contributed by atoms with Crippen LogP contribution in [0, 0.1) is 5.82 Å².